The summed E-state index contributed by atoms with van der Waals surface area (Å²) in [6.07, 6.45) is -0.664. The first kappa shape index (κ1) is 21.3. The average molecular weight is 452 g/mol. The van der Waals surface area contributed by atoms with Gasteiger partial charge >= 0.3 is 6.29 Å². The highest BCUT2D eigenvalue weighted by Crippen LogP contribution is 2.52. The molecule has 1 saturated carbocycles. The van der Waals surface area contributed by atoms with Gasteiger partial charge in [0.15, 0.2) is 11.5 Å². The number of benzene rings is 1. The van der Waals surface area contributed by atoms with E-state index in [0.29, 0.717) is 24.1 Å². The van der Waals surface area contributed by atoms with Gasteiger partial charge in [0.2, 0.25) is 5.56 Å². The average Bonchev–Trinajstić information content (AvgIpc) is 3.48. The molecule has 1 aliphatic carbocycles. The van der Waals surface area contributed by atoms with Crippen molar-refractivity contribution in [3.05, 3.63) is 74.8 Å². The second kappa shape index (κ2) is 7.23. The fourth-order valence-corrected chi connectivity index (χ4v) is 4.42. The summed E-state index contributed by atoms with van der Waals surface area (Å²) in [5, 5.41) is 0. The van der Waals surface area contributed by atoms with Crippen LogP contribution in [0.4, 0.5) is 8.78 Å². The number of ketones is 1. The van der Waals surface area contributed by atoms with Crippen LogP contribution >= 0.6 is 0 Å². The van der Waals surface area contributed by atoms with E-state index in [0.717, 1.165) is 27.9 Å². The van der Waals surface area contributed by atoms with Gasteiger partial charge in [-0.1, -0.05) is 6.07 Å². The molecule has 2 aromatic heterocycles. The van der Waals surface area contributed by atoms with E-state index in [4.69, 9.17) is 4.98 Å². The fraction of sp³-hybridized carbons (Fsp3) is 0.320. The van der Waals surface area contributed by atoms with Crippen LogP contribution in [0.2, 0.25) is 0 Å². The molecule has 6 nitrogen and oxygen atoms in total. The highest BCUT2D eigenvalue weighted by atomic mass is 19.3. The molecule has 1 aliphatic heterocycles. The van der Waals surface area contributed by atoms with Crippen molar-refractivity contribution < 1.29 is 23.0 Å². The van der Waals surface area contributed by atoms with E-state index >= 15 is 0 Å². The number of alkyl halides is 2. The normalized spacial score (nSPS) is 17.1. The first-order valence-electron chi connectivity index (χ1n) is 10.7. The molecule has 0 radical (unpaired) electrons. The molecule has 0 saturated heterocycles. The van der Waals surface area contributed by atoms with Crippen LogP contribution in [0.3, 0.4) is 0 Å². The van der Waals surface area contributed by atoms with Gasteiger partial charge < -0.3 is 14.5 Å². The van der Waals surface area contributed by atoms with Crippen LogP contribution in [-0.4, -0.2) is 22.0 Å². The lowest BCUT2D eigenvalue weighted by molar-refractivity contribution is -0.286. The van der Waals surface area contributed by atoms with Gasteiger partial charge in [-0.05, 0) is 74.1 Å². The number of halogens is 2. The standard InChI is InChI=1S/C25H22F2N2O4/c1-13-8-17(29-23(15(13)3)18-12-28-22(31)9-14(18)2)11-21(30)24(6-7-24)16-4-5-19-20(10-16)33-25(26,27)32-19/h4-5,8-10,12H,6-7,11H2,1-3H3,(H,28,31). The zero-order chi connectivity index (χ0) is 23.5. The number of ether oxygens (including phenoxy) is 2. The van der Waals surface area contributed by atoms with Crippen molar-refractivity contribution in [2.75, 3.05) is 0 Å². The van der Waals surface area contributed by atoms with Gasteiger partial charge in [0.05, 0.1) is 11.1 Å². The highest BCUT2D eigenvalue weighted by Gasteiger charge is 2.52. The van der Waals surface area contributed by atoms with Crippen molar-refractivity contribution in [1.82, 2.24) is 9.97 Å². The number of fused-ring (bicyclic) bond motifs is 1. The van der Waals surface area contributed by atoms with Crippen LogP contribution in [0, 0.1) is 20.8 Å². The Morgan fingerprint density at radius 2 is 1.79 bits per heavy atom. The SMILES string of the molecule is Cc1cc(=O)[nH]cc1-c1nc(CC(=O)C2(c3ccc4c(c3)OC(F)(F)O4)CC2)cc(C)c1C. The van der Waals surface area contributed by atoms with Crippen LogP contribution in [-0.2, 0) is 16.6 Å². The number of rotatable bonds is 5. The number of nitrogens with zero attached hydrogens (tertiary/aromatic N) is 1. The second-order valence-electron chi connectivity index (χ2n) is 8.81. The summed E-state index contributed by atoms with van der Waals surface area (Å²) < 4.78 is 35.8. The molecular formula is C25H22F2N2O4. The number of hydrogen-bond donors (Lipinski definition) is 1. The van der Waals surface area contributed by atoms with E-state index in [1.165, 1.54) is 18.2 Å². The number of pyridine rings is 2. The van der Waals surface area contributed by atoms with Crippen LogP contribution in [0.1, 0.15) is 40.8 Å². The molecule has 2 aliphatic rings. The highest BCUT2D eigenvalue weighted by molar-refractivity contribution is 5.94. The minimum absolute atomic E-state index is 0.0204. The van der Waals surface area contributed by atoms with Crippen LogP contribution in [0.25, 0.3) is 11.3 Å². The molecule has 1 aromatic carbocycles. The maximum Gasteiger partial charge on any atom is 0.586 e. The smallest absolute Gasteiger partial charge is 0.395 e. The number of aromatic amines is 1. The number of aromatic nitrogens is 2. The fourth-order valence-electron chi connectivity index (χ4n) is 4.42. The Morgan fingerprint density at radius 1 is 1.06 bits per heavy atom. The zero-order valence-electron chi connectivity index (χ0n) is 18.4. The molecule has 170 valence electrons. The van der Waals surface area contributed by atoms with Gasteiger partial charge in [0.25, 0.3) is 0 Å². The van der Waals surface area contributed by atoms with Crippen molar-refractivity contribution >= 4 is 5.78 Å². The van der Waals surface area contributed by atoms with Gasteiger partial charge in [0, 0.05) is 29.9 Å². The van der Waals surface area contributed by atoms with Crippen molar-refractivity contribution in [2.24, 2.45) is 0 Å². The van der Waals surface area contributed by atoms with Crippen LogP contribution in [0.5, 0.6) is 11.5 Å². The maximum atomic E-state index is 13.4. The third kappa shape index (κ3) is 3.69. The molecule has 8 heteroatoms. The third-order valence-corrected chi connectivity index (χ3v) is 6.55. The zero-order valence-corrected chi connectivity index (χ0v) is 18.4. The third-order valence-electron chi connectivity index (χ3n) is 6.55. The summed E-state index contributed by atoms with van der Waals surface area (Å²) in [7, 11) is 0. The Kier molecular flexibility index (Phi) is 4.67. The first-order valence-corrected chi connectivity index (χ1v) is 10.7. The molecule has 0 spiro atoms. The number of nitrogens with one attached hydrogen (secondary N) is 1. The van der Waals surface area contributed by atoms with E-state index < -0.39 is 11.7 Å². The molecule has 33 heavy (non-hydrogen) atoms. The number of carbonyl (C=O) groups is 1. The molecule has 5 rings (SSSR count). The topological polar surface area (TPSA) is 81.3 Å². The van der Waals surface area contributed by atoms with Gasteiger partial charge in [0.1, 0.15) is 5.78 Å². The minimum Gasteiger partial charge on any atom is -0.395 e. The van der Waals surface area contributed by atoms with Crippen molar-refractivity contribution in [3.8, 4) is 22.8 Å². The number of hydrogen-bond acceptors (Lipinski definition) is 5. The molecule has 1 N–H and O–H groups in total. The Hall–Kier alpha value is -3.55. The number of aryl methyl sites for hydroxylation is 2. The number of H-pyrrole nitrogens is 1. The Bertz CT molecular complexity index is 1360. The molecular weight excluding hydrogens is 430 g/mol. The largest absolute Gasteiger partial charge is 0.586 e. The van der Waals surface area contributed by atoms with E-state index in [-0.39, 0.29) is 29.3 Å². The van der Waals surface area contributed by atoms with Gasteiger partial charge in [-0.2, -0.15) is 0 Å². The lowest BCUT2D eigenvalue weighted by Crippen LogP contribution is -2.26. The summed E-state index contributed by atoms with van der Waals surface area (Å²) in [4.78, 5) is 32.4. The quantitative estimate of drug-likeness (QED) is 0.615. The van der Waals surface area contributed by atoms with Crippen molar-refractivity contribution in [2.45, 2.75) is 51.7 Å². The first-order chi connectivity index (χ1) is 15.6. The molecule has 3 heterocycles. The minimum atomic E-state index is -3.69. The summed E-state index contributed by atoms with van der Waals surface area (Å²) in [6, 6.07) is 7.96. The Morgan fingerprint density at radius 3 is 2.48 bits per heavy atom. The van der Waals surface area contributed by atoms with Gasteiger partial charge in [-0.3, -0.25) is 14.6 Å². The predicted octanol–water partition coefficient (Wildman–Crippen LogP) is 4.53. The molecule has 0 bridgehead atoms. The van der Waals surface area contributed by atoms with Gasteiger partial charge in [-0.25, -0.2) is 0 Å². The van der Waals surface area contributed by atoms with Crippen LogP contribution < -0.4 is 15.0 Å². The van der Waals surface area contributed by atoms with Crippen molar-refractivity contribution in [3.63, 3.8) is 0 Å². The lowest BCUT2D eigenvalue weighted by Gasteiger charge is -2.17. The van der Waals surface area contributed by atoms with E-state index in [1.807, 2.05) is 26.8 Å². The number of Topliss-reactive ketones (excluding diaryl/α,β-unsaturated/α-hetero) is 1. The molecule has 0 unspecified atom stereocenters. The Labute approximate surface area is 188 Å². The summed E-state index contributed by atoms with van der Waals surface area (Å²) in [5.41, 5.74) is 4.65. The molecule has 1 fully saturated rings. The van der Waals surface area contributed by atoms with E-state index in [9.17, 15) is 18.4 Å². The van der Waals surface area contributed by atoms with E-state index in [2.05, 4.69) is 14.5 Å². The van der Waals surface area contributed by atoms with Crippen LogP contribution in [0.15, 0.2) is 41.3 Å². The monoisotopic (exact) mass is 452 g/mol. The van der Waals surface area contributed by atoms with Crippen molar-refractivity contribution in [1.29, 1.82) is 0 Å². The second-order valence-corrected chi connectivity index (χ2v) is 8.81. The summed E-state index contributed by atoms with van der Waals surface area (Å²) in [5.74, 6) is -0.117. The molecule has 0 atom stereocenters. The Balaban J connectivity index is 1.45. The summed E-state index contributed by atoms with van der Waals surface area (Å²) in [6.45, 7) is 5.76. The predicted molar refractivity (Wildman–Crippen MR) is 117 cm³/mol. The van der Waals surface area contributed by atoms with E-state index in [1.54, 1.807) is 12.3 Å². The van der Waals surface area contributed by atoms with Gasteiger partial charge in [-0.15, -0.1) is 8.78 Å². The number of carbonyl (C=O) groups excluding carboxylic acids is 1. The molecule has 3 aromatic rings. The maximum absolute atomic E-state index is 13.4. The lowest BCUT2D eigenvalue weighted by atomic mass is 9.88. The summed E-state index contributed by atoms with van der Waals surface area (Å²) >= 11 is 0. The molecule has 0 amide bonds.